The van der Waals surface area contributed by atoms with E-state index in [0.717, 1.165) is 0 Å². The molecule has 0 aliphatic carbocycles. The molecule has 0 spiro atoms. The second-order valence-electron chi connectivity index (χ2n) is 5.50. The van der Waals surface area contributed by atoms with Gasteiger partial charge in [0.1, 0.15) is 5.76 Å². The Hall–Kier alpha value is -1.86. The van der Waals surface area contributed by atoms with Crippen LogP contribution in [0.25, 0.3) is 11.5 Å². The first-order valence-electron chi connectivity index (χ1n) is 7.09. The van der Waals surface area contributed by atoms with Gasteiger partial charge in [-0.1, -0.05) is 11.6 Å². The monoisotopic (exact) mass is 354 g/mol. The van der Waals surface area contributed by atoms with Gasteiger partial charge in [-0.3, -0.25) is 4.79 Å². The summed E-state index contributed by atoms with van der Waals surface area (Å²) in [6.45, 7) is 1.65. The number of amides is 1. The Morgan fingerprint density at radius 1 is 1.35 bits per heavy atom. The Kier molecular flexibility index (Phi) is 4.16. The molecule has 23 heavy (non-hydrogen) atoms. The molecule has 1 fully saturated rings. The lowest BCUT2D eigenvalue weighted by Gasteiger charge is -2.08. The molecular formula is C15H15ClN2O4S. The highest BCUT2D eigenvalue weighted by molar-refractivity contribution is 7.91. The number of aromatic nitrogens is 1. The number of nitrogens with zero attached hydrogens (tertiary/aromatic N) is 1. The summed E-state index contributed by atoms with van der Waals surface area (Å²) in [5.41, 5.74) is 0.874. The number of halogens is 1. The average Bonchev–Trinajstić information content (AvgIpc) is 3.02. The van der Waals surface area contributed by atoms with Crippen molar-refractivity contribution in [3.05, 3.63) is 40.7 Å². The summed E-state index contributed by atoms with van der Waals surface area (Å²) in [7, 11) is -3.05. The predicted molar refractivity (Wildman–Crippen MR) is 86.2 cm³/mol. The SMILES string of the molecule is Cc1oc(-c2ccc(Cl)cc2)nc1C(=O)N[C@H]1CCS(=O)(=O)C1. The van der Waals surface area contributed by atoms with E-state index in [9.17, 15) is 13.2 Å². The van der Waals surface area contributed by atoms with Crippen LogP contribution in [0.15, 0.2) is 28.7 Å². The van der Waals surface area contributed by atoms with Gasteiger partial charge in [-0.15, -0.1) is 0 Å². The molecule has 2 aromatic rings. The van der Waals surface area contributed by atoms with Gasteiger partial charge in [0.25, 0.3) is 5.91 Å². The van der Waals surface area contributed by atoms with E-state index in [1.165, 1.54) is 0 Å². The number of carbonyl (C=O) groups excluding carboxylic acids is 1. The molecule has 1 aromatic carbocycles. The van der Waals surface area contributed by atoms with Crippen LogP contribution in [0.5, 0.6) is 0 Å². The highest BCUT2D eigenvalue weighted by Crippen LogP contribution is 2.23. The van der Waals surface area contributed by atoms with Crippen molar-refractivity contribution in [2.45, 2.75) is 19.4 Å². The topological polar surface area (TPSA) is 89.3 Å². The largest absolute Gasteiger partial charge is 0.441 e. The van der Waals surface area contributed by atoms with Crippen molar-refractivity contribution in [2.24, 2.45) is 0 Å². The zero-order chi connectivity index (χ0) is 16.6. The predicted octanol–water partition coefficient (Wildman–Crippen LogP) is 2.22. The summed E-state index contributed by atoms with van der Waals surface area (Å²) < 4.78 is 28.4. The molecule has 1 N–H and O–H groups in total. The number of rotatable bonds is 3. The van der Waals surface area contributed by atoms with Crippen LogP contribution in [-0.4, -0.2) is 36.9 Å². The van der Waals surface area contributed by atoms with Crippen LogP contribution < -0.4 is 5.32 Å². The molecule has 0 saturated carbocycles. The summed E-state index contributed by atoms with van der Waals surface area (Å²) >= 11 is 5.84. The van der Waals surface area contributed by atoms with Crippen LogP contribution in [0, 0.1) is 6.92 Å². The van der Waals surface area contributed by atoms with Crippen molar-refractivity contribution in [3.8, 4) is 11.5 Å². The summed E-state index contributed by atoms with van der Waals surface area (Å²) in [5.74, 6) is 0.357. The van der Waals surface area contributed by atoms with Crippen LogP contribution in [0.3, 0.4) is 0 Å². The van der Waals surface area contributed by atoms with E-state index in [2.05, 4.69) is 10.3 Å². The molecule has 0 unspecified atom stereocenters. The molecule has 2 heterocycles. The van der Waals surface area contributed by atoms with Crippen LogP contribution in [0.1, 0.15) is 22.7 Å². The van der Waals surface area contributed by atoms with Crippen molar-refractivity contribution in [3.63, 3.8) is 0 Å². The minimum atomic E-state index is -3.05. The van der Waals surface area contributed by atoms with Crippen LogP contribution in [0.2, 0.25) is 5.02 Å². The highest BCUT2D eigenvalue weighted by Gasteiger charge is 2.30. The van der Waals surface area contributed by atoms with Crippen LogP contribution in [-0.2, 0) is 9.84 Å². The first-order chi connectivity index (χ1) is 10.8. The molecule has 1 aliphatic heterocycles. The minimum Gasteiger partial charge on any atom is -0.441 e. The maximum Gasteiger partial charge on any atom is 0.273 e. The molecule has 1 saturated heterocycles. The van der Waals surface area contributed by atoms with Gasteiger partial charge in [0.15, 0.2) is 15.5 Å². The van der Waals surface area contributed by atoms with Gasteiger partial charge in [0, 0.05) is 16.6 Å². The zero-order valence-electron chi connectivity index (χ0n) is 12.4. The average molecular weight is 355 g/mol. The molecule has 1 atom stereocenters. The van der Waals surface area contributed by atoms with Crippen LogP contribution >= 0.6 is 11.6 Å². The minimum absolute atomic E-state index is 0.0281. The summed E-state index contributed by atoms with van der Waals surface area (Å²) in [6, 6.07) is 6.54. The third-order valence-electron chi connectivity index (χ3n) is 3.67. The molecule has 1 aromatic heterocycles. The summed E-state index contributed by atoms with van der Waals surface area (Å²) in [6.07, 6.45) is 0.426. The fourth-order valence-electron chi connectivity index (χ4n) is 2.49. The number of hydrogen-bond donors (Lipinski definition) is 1. The van der Waals surface area contributed by atoms with E-state index in [4.69, 9.17) is 16.0 Å². The molecule has 8 heteroatoms. The van der Waals surface area contributed by atoms with Gasteiger partial charge in [-0.2, -0.15) is 0 Å². The van der Waals surface area contributed by atoms with E-state index < -0.39 is 15.7 Å². The fourth-order valence-corrected chi connectivity index (χ4v) is 4.28. The Morgan fingerprint density at radius 3 is 2.65 bits per heavy atom. The Labute approximate surface area is 138 Å². The summed E-state index contributed by atoms with van der Waals surface area (Å²) in [4.78, 5) is 16.5. The van der Waals surface area contributed by atoms with E-state index in [-0.39, 0.29) is 23.2 Å². The highest BCUT2D eigenvalue weighted by atomic mass is 35.5. The maximum absolute atomic E-state index is 12.3. The fraction of sp³-hybridized carbons (Fsp3) is 0.333. The van der Waals surface area contributed by atoms with E-state index in [0.29, 0.717) is 28.7 Å². The van der Waals surface area contributed by atoms with Crippen LogP contribution in [0.4, 0.5) is 0 Å². The van der Waals surface area contributed by atoms with Crippen molar-refractivity contribution in [1.82, 2.24) is 10.3 Å². The van der Waals surface area contributed by atoms with Crippen molar-refractivity contribution >= 4 is 27.3 Å². The van der Waals surface area contributed by atoms with Gasteiger partial charge in [0.05, 0.1) is 11.5 Å². The lowest BCUT2D eigenvalue weighted by molar-refractivity contribution is 0.0935. The number of sulfone groups is 1. The Morgan fingerprint density at radius 2 is 2.04 bits per heavy atom. The number of nitrogens with one attached hydrogen (secondary N) is 1. The smallest absolute Gasteiger partial charge is 0.273 e. The molecule has 1 aliphatic rings. The molecule has 1 amide bonds. The molecule has 122 valence electrons. The molecule has 0 bridgehead atoms. The van der Waals surface area contributed by atoms with E-state index in [1.807, 2.05) is 0 Å². The second kappa shape index (κ2) is 5.98. The second-order valence-corrected chi connectivity index (χ2v) is 8.17. The number of carbonyl (C=O) groups is 1. The van der Waals surface area contributed by atoms with Crippen molar-refractivity contribution in [1.29, 1.82) is 0 Å². The van der Waals surface area contributed by atoms with E-state index in [1.54, 1.807) is 31.2 Å². The number of oxazole rings is 1. The molecule has 3 rings (SSSR count). The molecular weight excluding hydrogens is 340 g/mol. The third kappa shape index (κ3) is 3.56. The van der Waals surface area contributed by atoms with E-state index >= 15 is 0 Å². The van der Waals surface area contributed by atoms with Crippen molar-refractivity contribution < 1.29 is 17.6 Å². The van der Waals surface area contributed by atoms with Gasteiger partial charge >= 0.3 is 0 Å². The van der Waals surface area contributed by atoms with Gasteiger partial charge in [-0.25, -0.2) is 13.4 Å². The van der Waals surface area contributed by atoms with Gasteiger partial charge < -0.3 is 9.73 Å². The molecule has 0 radical (unpaired) electrons. The number of benzene rings is 1. The Bertz CT molecular complexity index is 843. The first-order valence-corrected chi connectivity index (χ1v) is 9.29. The van der Waals surface area contributed by atoms with Gasteiger partial charge in [-0.05, 0) is 37.6 Å². The summed E-state index contributed by atoms with van der Waals surface area (Å²) in [5, 5.41) is 3.30. The quantitative estimate of drug-likeness (QED) is 0.912. The normalized spacial score (nSPS) is 19.7. The number of hydrogen-bond acceptors (Lipinski definition) is 5. The first kappa shape index (κ1) is 16.0. The molecule has 6 nitrogen and oxygen atoms in total. The lowest BCUT2D eigenvalue weighted by Crippen LogP contribution is -2.36. The van der Waals surface area contributed by atoms with Gasteiger partial charge in [0.2, 0.25) is 5.89 Å². The third-order valence-corrected chi connectivity index (χ3v) is 5.69. The Balaban J connectivity index is 1.78. The number of aryl methyl sites for hydroxylation is 1. The zero-order valence-corrected chi connectivity index (χ0v) is 13.9. The lowest BCUT2D eigenvalue weighted by atomic mass is 10.2. The maximum atomic E-state index is 12.3. The standard InChI is InChI=1S/C15H15ClN2O4S/c1-9-13(14(19)17-12-6-7-23(20,21)8-12)18-15(22-9)10-2-4-11(16)5-3-10/h2-5,12H,6-8H2,1H3,(H,17,19)/t12-/m0/s1. The van der Waals surface area contributed by atoms with Crippen molar-refractivity contribution in [2.75, 3.05) is 11.5 Å².